The van der Waals surface area contributed by atoms with Gasteiger partial charge in [-0.15, -0.1) is 5.92 Å². The van der Waals surface area contributed by atoms with Crippen LogP contribution in [0.3, 0.4) is 0 Å². The first kappa shape index (κ1) is 24.8. The molecule has 3 aromatic rings. The monoisotopic (exact) mass is 489 g/mol. The molecular formula is C25H27N7O4. The SMILES string of the molecule is CC#CCn1c(N2CCCC(N)C2)c(C(=O)OC)c2c1c(=O)n(Cc1ncccc1C#N)c(=O)n2C. The largest absolute Gasteiger partial charge is 0.465 e. The number of pyridine rings is 1. The number of carbonyl (C=O) groups is 1. The van der Waals surface area contributed by atoms with Gasteiger partial charge in [-0.3, -0.25) is 18.9 Å². The predicted molar refractivity (Wildman–Crippen MR) is 134 cm³/mol. The Morgan fingerprint density at radius 2 is 2.08 bits per heavy atom. The molecule has 0 saturated carbocycles. The summed E-state index contributed by atoms with van der Waals surface area (Å²) in [5.74, 6) is 5.60. The van der Waals surface area contributed by atoms with Gasteiger partial charge in [0.15, 0.2) is 0 Å². The molecule has 0 aromatic carbocycles. The zero-order valence-corrected chi connectivity index (χ0v) is 20.4. The first-order chi connectivity index (χ1) is 17.3. The summed E-state index contributed by atoms with van der Waals surface area (Å²) in [6.07, 6.45) is 3.15. The highest BCUT2D eigenvalue weighted by Gasteiger charge is 2.33. The number of anilines is 1. The molecule has 11 nitrogen and oxygen atoms in total. The number of fused-ring (bicyclic) bond motifs is 1. The van der Waals surface area contributed by atoms with Crippen LogP contribution in [0.15, 0.2) is 27.9 Å². The second-order valence-corrected chi connectivity index (χ2v) is 8.59. The maximum Gasteiger partial charge on any atom is 0.343 e. The number of carbonyl (C=O) groups excluding carboxylic acids is 1. The molecule has 1 saturated heterocycles. The van der Waals surface area contributed by atoms with Crippen molar-refractivity contribution < 1.29 is 9.53 Å². The molecule has 2 N–H and O–H groups in total. The van der Waals surface area contributed by atoms with E-state index in [1.54, 1.807) is 23.6 Å². The highest BCUT2D eigenvalue weighted by Crippen LogP contribution is 2.33. The Bertz CT molecular complexity index is 1560. The Balaban J connectivity index is 2.09. The molecule has 0 radical (unpaired) electrons. The van der Waals surface area contributed by atoms with Crippen molar-refractivity contribution in [3.05, 3.63) is 56.0 Å². The number of methoxy groups -OCH3 is 1. The molecule has 0 amide bonds. The average Bonchev–Trinajstić information content (AvgIpc) is 3.23. The first-order valence-electron chi connectivity index (χ1n) is 11.5. The number of nitriles is 1. The standard InChI is InChI=1S/C25H27N7O4/c1-4-5-12-31-21-20(19(24(34)36-3)22(31)30-11-7-9-17(27)14-30)29(2)25(35)32(23(21)33)15-18-16(13-26)8-6-10-28-18/h6,8,10,17H,7,9,11-12,14-15,27H2,1-3H3. The van der Waals surface area contributed by atoms with Gasteiger partial charge in [-0.2, -0.15) is 5.26 Å². The van der Waals surface area contributed by atoms with E-state index < -0.39 is 17.2 Å². The molecule has 1 aliphatic heterocycles. The molecule has 36 heavy (non-hydrogen) atoms. The lowest BCUT2D eigenvalue weighted by molar-refractivity contribution is 0.0603. The van der Waals surface area contributed by atoms with Gasteiger partial charge >= 0.3 is 11.7 Å². The van der Waals surface area contributed by atoms with Crippen LogP contribution < -0.4 is 21.9 Å². The van der Waals surface area contributed by atoms with Gasteiger partial charge in [0.25, 0.3) is 5.56 Å². The number of nitrogens with two attached hydrogens (primary N) is 1. The maximum atomic E-state index is 13.9. The van der Waals surface area contributed by atoms with Crippen LogP contribution in [0.5, 0.6) is 0 Å². The van der Waals surface area contributed by atoms with Crippen LogP contribution in [0.25, 0.3) is 11.0 Å². The second-order valence-electron chi connectivity index (χ2n) is 8.59. The van der Waals surface area contributed by atoms with Gasteiger partial charge in [0.05, 0.1) is 37.0 Å². The Kier molecular flexibility index (Phi) is 6.95. The van der Waals surface area contributed by atoms with Crippen LogP contribution in [0.1, 0.15) is 41.4 Å². The second kappa shape index (κ2) is 10.1. The summed E-state index contributed by atoms with van der Waals surface area (Å²) in [5, 5.41) is 9.45. The average molecular weight is 490 g/mol. The molecule has 1 aliphatic rings. The fraction of sp³-hybridized carbons (Fsp3) is 0.400. The van der Waals surface area contributed by atoms with Crippen LogP contribution in [-0.4, -0.2) is 50.9 Å². The zero-order chi connectivity index (χ0) is 26.0. The van der Waals surface area contributed by atoms with E-state index >= 15 is 0 Å². The minimum atomic E-state index is -0.666. The summed E-state index contributed by atoms with van der Waals surface area (Å²) in [6, 6.07) is 5.11. The van der Waals surface area contributed by atoms with Crippen LogP contribution in [0.2, 0.25) is 0 Å². The fourth-order valence-electron chi connectivity index (χ4n) is 4.72. The number of esters is 1. The molecule has 1 atom stereocenters. The van der Waals surface area contributed by atoms with Gasteiger partial charge in [-0.05, 0) is 31.9 Å². The number of piperidine rings is 1. The van der Waals surface area contributed by atoms with E-state index in [0.717, 1.165) is 17.4 Å². The Morgan fingerprint density at radius 1 is 1.31 bits per heavy atom. The van der Waals surface area contributed by atoms with Gasteiger partial charge in [-0.25, -0.2) is 9.59 Å². The lowest BCUT2D eigenvalue weighted by Crippen LogP contribution is -2.44. The summed E-state index contributed by atoms with van der Waals surface area (Å²) in [5.41, 5.74) is 5.97. The zero-order valence-electron chi connectivity index (χ0n) is 20.4. The number of hydrogen-bond donors (Lipinski definition) is 1. The summed E-state index contributed by atoms with van der Waals surface area (Å²) in [4.78, 5) is 46.6. The van der Waals surface area contributed by atoms with E-state index in [0.29, 0.717) is 24.6 Å². The number of rotatable bonds is 5. The molecule has 3 aromatic heterocycles. The molecule has 1 fully saturated rings. The third-order valence-corrected chi connectivity index (χ3v) is 6.39. The minimum Gasteiger partial charge on any atom is -0.465 e. The van der Waals surface area contributed by atoms with E-state index in [1.807, 2.05) is 11.0 Å². The molecule has 0 bridgehead atoms. The number of ether oxygens (including phenoxy) is 1. The van der Waals surface area contributed by atoms with E-state index in [-0.39, 0.29) is 41.3 Å². The third-order valence-electron chi connectivity index (χ3n) is 6.39. The lowest BCUT2D eigenvalue weighted by Gasteiger charge is -2.33. The highest BCUT2D eigenvalue weighted by atomic mass is 16.5. The van der Waals surface area contributed by atoms with Gasteiger partial charge < -0.3 is 19.9 Å². The van der Waals surface area contributed by atoms with E-state index in [4.69, 9.17) is 10.5 Å². The molecule has 0 aliphatic carbocycles. The Hall–Kier alpha value is -4.35. The van der Waals surface area contributed by atoms with E-state index in [1.165, 1.54) is 24.9 Å². The van der Waals surface area contributed by atoms with Crippen molar-refractivity contribution in [3.63, 3.8) is 0 Å². The molecule has 0 spiro atoms. The minimum absolute atomic E-state index is 0.109. The maximum absolute atomic E-state index is 13.9. The van der Waals surface area contributed by atoms with Crippen molar-refractivity contribution in [3.8, 4) is 17.9 Å². The molecular weight excluding hydrogens is 462 g/mol. The normalized spacial score (nSPS) is 15.3. The summed E-state index contributed by atoms with van der Waals surface area (Å²) in [6.45, 7) is 2.69. The fourth-order valence-corrected chi connectivity index (χ4v) is 4.72. The Labute approximate surface area is 207 Å². The summed E-state index contributed by atoms with van der Waals surface area (Å²) in [7, 11) is 2.76. The topological polar surface area (TPSA) is 141 Å². The lowest BCUT2D eigenvalue weighted by atomic mass is 10.1. The van der Waals surface area contributed by atoms with Gasteiger partial charge in [0.2, 0.25) is 0 Å². The molecule has 11 heteroatoms. The molecule has 1 unspecified atom stereocenters. The van der Waals surface area contributed by atoms with Crippen molar-refractivity contribution >= 4 is 22.8 Å². The number of aromatic nitrogens is 4. The molecule has 186 valence electrons. The number of nitrogens with zero attached hydrogens (tertiary/aromatic N) is 6. The van der Waals surface area contributed by atoms with Gasteiger partial charge in [0.1, 0.15) is 23.0 Å². The summed E-state index contributed by atoms with van der Waals surface area (Å²) < 4.78 is 9.05. The quantitative estimate of drug-likeness (QED) is 0.405. The summed E-state index contributed by atoms with van der Waals surface area (Å²) >= 11 is 0. The van der Waals surface area contributed by atoms with Crippen molar-refractivity contribution in [2.75, 3.05) is 25.1 Å². The predicted octanol–water partition coefficient (Wildman–Crippen LogP) is 0.554. The van der Waals surface area contributed by atoms with Crippen LogP contribution in [0, 0.1) is 23.2 Å². The smallest absolute Gasteiger partial charge is 0.343 e. The molecule has 4 rings (SSSR count). The molecule has 4 heterocycles. The van der Waals surface area contributed by atoms with Gasteiger partial charge in [-0.1, -0.05) is 5.92 Å². The number of hydrogen-bond acceptors (Lipinski definition) is 8. The van der Waals surface area contributed by atoms with Crippen LogP contribution in [0.4, 0.5) is 5.82 Å². The van der Waals surface area contributed by atoms with Crippen LogP contribution >= 0.6 is 0 Å². The third kappa shape index (κ3) is 4.14. The van der Waals surface area contributed by atoms with Crippen molar-refractivity contribution in [2.45, 2.75) is 38.9 Å². The van der Waals surface area contributed by atoms with Gasteiger partial charge in [0, 0.05) is 32.4 Å². The highest BCUT2D eigenvalue weighted by molar-refractivity contribution is 6.08. The van der Waals surface area contributed by atoms with Crippen molar-refractivity contribution in [1.82, 2.24) is 18.7 Å². The van der Waals surface area contributed by atoms with E-state index in [9.17, 15) is 19.6 Å². The first-order valence-corrected chi connectivity index (χ1v) is 11.5. The van der Waals surface area contributed by atoms with Crippen molar-refractivity contribution in [1.29, 1.82) is 5.26 Å². The number of aryl methyl sites for hydroxylation is 1. The van der Waals surface area contributed by atoms with Crippen molar-refractivity contribution in [2.24, 2.45) is 12.8 Å². The van der Waals surface area contributed by atoms with E-state index in [2.05, 4.69) is 16.8 Å². The van der Waals surface area contributed by atoms with Crippen LogP contribution in [-0.2, 0) is 24.9 Å². The Morgan fingerprint density at radius 3 is 2.75 bits per heavy atom.